The first-order chi connectivity index (χ1) is 14.8. The summed E-state index contributed by atoms with van der Waals surface area (Å²) in [5.74, 6) is 0. The van der Waals surface area contributed by atoms with Crippen LogP contribution < -0.4 is 0 Å². The number of nitrogens with zero attached hydrogens (tertiary/aromatic N) is 3. The molecule has 0 unspecified atom stereocenters. The van der Waals surface area contributed by atoms with Gasteiger partial charge in [0.05, 0.1) is 22.8 Å². The van der Waals surface area contributed by atoms with Crippen LogP contribution in [0.15, 0.2) is 79.1 Å². The number of H-pyrrole nitrogens is 2. The summed E-state index contributed by atoms with van der Waals surface area (Å²) >= 11 is 0. The maximum atomic E-state index is 4.63. The van der Waals surface area contributed by atoms with Gasteiger partial charge in [0.25, 0.3) is 0 Å². The number of fused-ring (bicyclic) bond motifs is 8. The van der Waals surface area contributed by atoms with Crippen LogP contribution in [0.5, 0.6) is 0 Å². The SMILES string of the molecule is C1=Cc2cc3ccc(cc4nc(cc5ccc(cc1n2)[nH]5)C=C4)[nH]3.[Cu].c1ccncc1. The Labute approximate surface area is 190 Å². The van der Waals surface area contributed by atoms with Crippen LogP contribution in [-0.2, 0) is 17.1 Å². The molecule has 1 radical (unpaired) electrons. The molecule has 0 aliphatic carbocycles. The number of pyridine rings is 1. The summed E-state index contributed by atoms with van der Waals surface area (Å²) in [5.41, 5.74) is 7.86. The van der Waals surface area contributed by atoms with Crippen molar-refractivity contribution in [3.8, 4) is 0 Å². The third kappa shape index (κ3) is 5.25. The van der Waals surface area contributed by atoms with E-state index < -0.39 is 0 Å². The van der Waals surface area contributed by atoms with Gasteiger partial charge in [0.2, 0.25) is 0 Å². The minimum absolute atomic E-state index is 0. The van der Waals surface area contributed by atoms with E-state index in [4.69, 9.17) is 0 Å². The standard InChI is InChI=1S/C20H14N4.C5H5N.Cu/c1-2-14-10-16-5-6-18(23-16)12-20-8-7-19(24-20)11-17-4-3-15(22-17)9-13(1)21-14;1-2-4-6-5-3-1;/h1-12,21,24H;1-5H;. The molecule has 0 fully saturated rings. The normalized spacial score (nSPS) is 11.4. The van der Waals surface area contributed by atoms with Crippen molar-refractivity contribution in [1.29, 1.82) is 0 Å². The molecule has 2 aliphatic heterocycles. The molecule has 2 aliphatic rings. The van der Waals surface area contributed by atoms with Crippen molar-refractivity contribution in [2.24, 2.45) is 0 Å². The van der Waals surface area contributed by atoms with Crippen molar-refractivity contribution in [2.45, 2.75) is 0 Å². The maximum absolute atomic E-state index is 4.63. The number of aromatic nitrogens is 5. The van der Waals surface area contributed by atoms with E-state index in [1.807, 2.05) is 66.8 Å². The summed E-state index contributed by atoms with van der Waals surface area (Å²) in [6.07, 6.45) is 11.6. The fraction of sp³-hybridized carbons (Fsp3) is 0. The van der Waals surface area contributed by atoms with Crippen molar-refractivity contribution < 1.29 is 17.1 Å². The molecule has 0 atom stereocenters. The topological polar surface area (TPSA) is 70.2 Å². The number of hydrogen-bond donors (Lipinski definition) is 2. The average molecular weight is 453 g/mol. The first kappa shape index (κ1) is 20.5. The van der Waals surface area contributed by atoms with E-state index in [1.54, 1.807) is 12.4 Å². The van der Waals surface area contributed by atoms with Crippen LogP contribution in [0, 0.1) is 0 Å². The Morgan fingerprint density at radius 2 is 0.839 bits per heavy atom. The fourth-order valence-electron chi connectivity index (χ4n) is 3.26. The molecule has 155 valence electrons. The maximum Gasteiger partial charge on any atom is 0.0658 e. The van der Waals surface area contributed by atoms with Gasteiger partial charge in [-0.1, -0.05) is 6.07 Å². The molecule has 0 spiro atoms. The Bertz CT molecular complexity index is 1200. The first-order valence-electron chi connectivity index (χ1n) is 9.70. The monoisotopic (exact) mass is 452 g/mol. The second kappa shape index (κ2) is 9.39. The smallest absolute Gasteiger partial charge is 0.0658 e. The van der Waals surface area contributed by atoms with Gasteiger partial charge in [0.1, 0.15) is 0 Å². The minimum Gasteiger partial charge on any atom is -0.355 e. The summed E-state index contributed by atoms with van der Waals surface area (Å²) in [4.78, 5) is 19.8. The molecule has 6 rings (SSSR count). The van der Waals surface area contributed by atoms with Crippen LogP contribution in [-0.4, -0.2) is 24.9 Å². The Balaban J connectivity index is 0.000000288. The second-order valence-corrected chi connectivity index (χ2v) is 6.93. The molecule has 0 amide bonds. The molecule has 4 aromatic rings. The molecular weight excluding hydrogens is 434 g/mol. The van der Waals surface area contributed by atoms with Crippen LogP contribution in [0.3, 0.4) is 0 Å². The Kier molecular flexibility index (Phi) is 6.22. The number of nitrogens with one attached hydrogen (secondary N) is 2. The van der Waals surface area contributed by atoms with E-state index in [0.29, 0.717) is 0 Å². The third-order valence-corrected chi connectivity index (χ3v) is 4.61. The zero-order valence-electron chi connectivity index (χ0n) is 16.5. The van der Waals surface area contributed by atoms with E-state index in [1.165, 1.54) is 0 Å². The minimum atomic E-state index is 0. The fourth-order valence-corrected chi connectivity index (χ4v) is 3.26. The predicted octanol–water partition coefficient (Wildman–Crippen LogP) is 5.73. The van der Waals surface area contributed by atoms with Crippen LogP contribution in [0.25, 0.3) is 46.4 Å². The Hall–Kier alpha value is -3.73. The van der Waals surface area contributed by atoms with Crippen molar-refractivity contribution in [3.63, 3.8) is 0 Å². The van der Waals surface area contributed by atoms with Crippen molar-refractivity contribution >= 4 is 46.4 Å². The van der Waals surface area contributed by atoms with E-state index in [2.05, 4.69) is 49.2 Å². The molecule has 5 nitrogen and oxygen atoms in total. The summed E-state index contributed by atoms with van der Waals surface area (Å²) in [5, 5.41) is 0. The van der Waals surface area contributed by atoms with Gasteiger partial charge in [-0.3, -0.25) is 4.98 Å². The van der Waals surface area contributed by atoms with E-state index in [9.17, 15) is 0 Å². The average Bonchev–Trinajstić information content (AvgIpc) is 3.56. The van der Waals surface area contributed by atoms with Gasteiger partial charge in [-0.05, 0) is 85.0 Å². The van der Waals surface area contributed by atoms with Gasteiger partial charge in [0, 0.05) is 51.5 Å². The second-order valence-electron chi connectivity index (χ2n) is 6.93. The molecule has 4 aromatic heterocycles. The first-order valence-corrected chi connectivity index (χ1v) is 9.70. The van der Waals surface area contributed by atoms with Crippen molar-refractivity contribution in [1.82, 2.24) is 24.9 Å². The van der Waals surface area contributed by atoms with Gasteiger partial charge in [0.15, 0.2) is 0 Å². The molecule has 0 saturated carbocycles. The number of rotatable bonds is 0. The largest absolute Gasteiger partial charge is 0.355 e. The van der Waals surface area contributed by atoms with Gasteiger partial charge in [-0.25, -0.2) is 9.97 Å². The van der Waals surface area contributed by atoms with Crippen LogP contribution in [0.4, 0.5) is 0 Å². The molecule has 8 bridgehead atoms. The quantitative estimate of drug-likeness (QED) is 0.289. The Morgan fingerprint density at radius 3 is 1.10 bits per heavy atom. The summed E-state index contributed by atoms with van der Waals surface area (Å²) in [6, 6.07) is 22.1. The summed E-state index contributed by atoms with van der Waals surface area (Å²) in [7, 11) is 0. The van der Waals surface area contributed by atoms with Gasteiger partial charge in [-0.2, -0.15) is 0 Å². The van der Waals surface area contributed by atoms with Gasteiger partial charge >= 0.3 is 0 Å². The zero-order chi connectivity index (χ0) is 20.2. The van der Waals surface area contributed by atoms with Crippen LogP contribution >= 0.6 is 0 Å². The molecule has 0 saturated heterocycles. The predicted molar refractivity (Wildman–Crippen MR) is 123 cm³/mol. The van der Waals surface area contributed by atoms with Crippen LogP contribution in [0.2, 0.25) is 0 Å². The number of hydrogen-bond acceptors (Lipinski definition) is 3. The van der Waals surface area contributed by atoms with E-state index in [-0.39, 0.29) is 17.1 Å². The Morgan fingerprint density at radius 1 is 0.484 bits per heavy atom. The third-order valence-electron chi connectivity index (χ3n) is 4.61. The summed E-state index contributed by atoms with van der Waals surface area (Å²) < 4.78 is 0. The zero-order valence-corrected chi connectivity index (χ0v) is 17.4. The van der Waals surface area contributed by atoms with Gasteiger partial charge < -0.3 is 9.97 Å². The van der Waals surface area contributed by atoms with Gasteiger partial charge in [-0.15, -0.1) is 0 Å². The molecule has 6 heterocycles. The van der Waals surface area contributed by atoms with E-state index >= 15 is 0 Å². The molecular formula is C25H19CuN5. The molecule has 2 N–H and O–H groups in total. The number of aromatic amines is 2. The van der Waals surface area contributed by atoms with E-state index in [0.717, 1.165) is 44.8 Å². The molecule has 0 aromatic carbocycles. The van der Waals surface area contributed by atoms with Crippen molar-refractivity contribution in [2.75, 3.05) is 0 Å². The van der Waals surface area contributed by atoms with Crippen molar-refractivity contribution in [3.05, 3.63) is 102 Å². The van der Waals surface area contributed by atoms with Crippen LogP contribution in [0.1, 0.15) is 22.8 Å². The molecule has 31 heavy (non-hydrogen) atoms. The molecule has 6 heteroatoms. The summed E-state index contributed by atoms with van der Waals surface area (Å²) in [6.45, 7) is 0.